The van der Waals surface area contributed by atoms with Crippen LogP contribution in [0.5, 0.6) is 0 Å². The molecule has 9 aromatic rings. The second-order valence-corrected chi connectivity index (χ2v) is 12.6. The van der Waals surface area contributed by atoms with Gasteiger partial charge in [0.25, 0.3) is 0 Å². The Kier molecular flexibility index (Phi) is 6.13. The molecule has 0 spiro atoms. The number of allylic oxidation sites excluding steroid dienone is 1. The van der Waals surface area contributed by atoms with Gasteiger partial charge in [-0.25, -0.2) is 4.98 Å². The minimum absolute atomic E-state index is 0.916. The Balaban J connectivity index is 1.34. The molecule has 1 aliphatic rings. The Morgan fingerprint density at radius 1 is 0.490 bits per heavy atom. The fourth-order valence-electron chi connectivity index (χ4n) is 7.54. The average molecular weight is 621 g/mol. The Bertz CT molecular complexity index is 3010. The van der Waals surface area contributed by atoms with Gasteiger partial charge < -0.3 is 0 Å². The zero-order valence-corrected chi connectivity index (χ0v) is 26.6. The molecule has 1 aliphatic carbocycles. The molecule has 10 rings (SSSR count). The highest BCUT2D eigenvalue weighted by Gasteiger charge is 2.20. The number of imidazole rings is 1. The summed E-state index contributed by atoms with van der Waals surface area (Å²) in [4.78, 5) is 5.24. The number of aromatic nitrogens is 2. The lowest BCUT2D eigenvalue weighted by atomic mass is 9.86. The Morgan fingerprint density at radius 3 is 1.88 bits per heavy atom. The minimum Gasteiger partial charge on any atom is -0.292 e. The van der Waals surface area contributed by atoms with Crippen molar-refractivity contribution in [2.24, 2.45) is 0 Å². The van der Waals surface area contributed by atoms with Crippen LogP contribution in [0.2, 0.25) is 0 Å². The molecule has 2 heteroatoms. The molecule has 0 saturated heterocycles. The first-order chi connectivity index (χ1) is 24.3. The summed E-state index contributed by atoms with van der Waals surface area (Å²) >= 11 is 0. The molecule has 8 aromatic carbocycles. The summed E-state index contributed by atoms with van der Waals surface area (Å²) in [5.74, 6) is 0.916. The van der Waals surface area contributed by atoms with Gasteiger partial charge in [-0.15, -0.1) is 0 Å². The lowest BCUT2D eigenvalue weighted by Gasteiger charge is -2.17. The Morgan fingerprint density at radius 2 is 1.12 bits per heavy atom. The van der Waals surface area contributed by atoms with Crippen molar-refractivity contribution in [3.05, 3.63) is 180 Å². The molecular weight excluding hydrogens is 593 g/mol. The van der Waals surface area contributed by atoms with Crippen molar-refractivity contribution in [2.75, 3.05) is 0 Å². The van der Waals surface area contributed by atoms with Gasteiger partial charge in [-0.1, -0.05) is 127 Å². The van der Waals surface area contributed by atoms with Crippen LogP contribution in [0, 0.1) is 0 Å². The maximum Gasteiger partial charge on any atom is 0.145 e. The number of benzene rings is 8. The number of para-hydroxylation sites is 3. The first-order valence-corrected chi connectivity index (χ1v) is 16.6. The summed E-state index contributed by atoms with van der Waals surface area (Å²) in [5.41, 5.74) is 15.7. The molecule has 226 valence electrons. The first kappa shape index (κ1) is 27.4. The summed E-state index contributed by atoms with van der Waals surface area (Å²) in [6.45, 7) is 0. The molecule has 0 radical (unpaired) electrons. The van der Waals surface area contributed by atoms with Gasteiger partial charge in [0, 0.05) is 22.0 Å². The van der Waals surface area contributed by atoms with Gasteiger partial charge in [0.2, 0.25) is 0 Å². The van der Waals surface area contributed by atoms with E-state index < -0.39 is 0 Å². The van der Waals surface area contributed by atoms with Crippen LogP contribution in [0.3, 0.4) is 0 Å². The van der Waals surface area contributed by atoms with Crippen molar-refractivity contribution in [1.82, 2.24) is 9.55 Å². The van der Waals surface area contributed by atoms with Gasteiger partial charge in [-0.05, 0) is 109 Å². The van der Waals surface area contributed by atoms with Crippen molar-refractivity contribution in [3.63, 3.8) is 0 Å². The van der Waals surface area contributed by atoms with Crippen LogP contribution in [0.4, 0.5) is 0 Å². The van der Waals surface area contributed by atoms with E-state index in [9.17, 15) is 0 Å². The lowest BCUT2D eigenvalue weighted by Crippen LogP contribution is -2.29. The largest absolute Gasteiger partial charge is 0.292 e. The van der Waals surface area contributed by atoms with Gasteiger partial charge in [0.1, 0.15) is 5.82 Å². The van der Waals surface area contributed by atoms with Crippen molar-refractivity contribution < 1.29 is 0 Å². The first-order valence-electron chi connectivity index (χ1n) is 16.6. The molecule has 1 aromatic heterocycles. The Hall–Kier alpha value is -6.69. The van der Waals surface area contributed by atoms with Crippen LogP contribution in [-0.2, 0) is 0 Å². The predicted octanol–water partition coefficient (Wildman–Crippen LogP) is 10.4. The summed E-state index contributed by atoms with van der Waals surface area (Å²) in [7, 11) is 0. The number of rotatable bonds is 4. The van der Waals surface area contributed by atoms with Gasteiger partial charge in [-0.2, -0.15) is 0 Å². The van der Waals surface area contributed by atoms with Crippen molar-refractivity contribution in [1.29, 1.82) is 0 Å². The van der Waals surface area contributed by atoms with Crippen molar-refractivity contribution in [2.45, 2.75) is 0 Å². The second kappa shape index (κ2) is 10.9. The van der Waals surface area contributed by atoms with Gasteiger partial charge in [-0.3, -0.25) is 4.57 Å². The third-order valence-corrected chi connectivity index (χ3v) is 9.79. The smallest absolute Gasteiger partial charge is 0.145 e. The maximum atomic E-state index is 5.24. The fraction of sp³-hybridized carbons (Fsp3) is 0. The summed E-state index contributed by atoms with van der Waals surface area (Å²) in [5, 5.41) is 9.45. The van der Waals surface area contributed by atoms with E-state index in [1.54, 1.807) is 0 Å². The SMILES string of the molecule is C1=C=c2c(-c3ccc4ccccc4c3)c3ccc(-c4nc5ccccc5n4-c4ccccc4)cc3c(-c3ccc4ccccc4c3)c2=CC=1. The third-order valence-electron chi connectivity index (χ3n) is 9.79. The van der Waals surface area contributed by atoms with Crippen LogP contribution < -0.4 is 10.4 Å². The molecule has 0 fully saturated rings. The number of hydrogen-bond donors (Lipinski definition) is 0. The summed E-state index contributed by atoms with van der Waals surface area (Å²) < 4.78 is 2.28. The quantitative estimate of drug-likeness (QED) is 0.179. The van der Waals surface area contributed by atoms with E-state index in [-0.39, 0.29) is 0 Å². The number of nitrogens with zero attached hydrogens (tertiary/aromatic N) is 2. The second-order valence-electron chi connectivity index (χ2n) is 12.6. The minimum atomic E-state index is 0.916. The normalized spacial score (nSPS) is 12.0. The van der Waals surface area contributed by atoms with Gasteiger partial charge in [0.15, 0.2) is 0 Å². The average Bonchev–Trinajstić information content (AvgIpc) is 3.56. The summed E-state index contributed by atoms with van der Waals surface area (Å²) in [6.07, 6.45) is 4.19. The Labute approximate surface area is 283 Å². The van der Waals surface area contributed by atoms with E-state index in [0.717, 1.165) is 38.5 Å². The molecule has 0 unspecified atom stereocenters. The topological polar surface area (TPSA) is 17.8 Å². The zero-order chi connectivity index (χ0) is 32.3. The monoisotopic (exact) mass is 620 g/mol. The summed E-state index contributed by atoms with van der Waals surface area (Å²) in [6, 6.07) is 56.5. The molecule has 0 amide bonds. The molecular formula is C47H28N2. The zero-order valence-electron chi connectivity index (χ0n) is 26.6. The van der Waals surface area contributed by atoms with E-state index in [4.69, 9.17) is 4.98 Å². The highest BCUT2D eigenvalue weighted by Crippen LogP contribution is 2.37. The van der Waals surface area contributed by atoms with Crippen molar-refractivity contribution >= 4 is 55.2 Å². The van der Waals surface area contributed by atoms with E-state index in [1.165, 1.54) is 54.6 Å². The van der Waals surface area contributed by atoms with Crippen LogP contribution in [0.15, 0.2) is 170 Å². The third kappa shape index (κ3) is 4.41. The highest BCUT2D eigenvalue weighted by atomic mass is 15.1. The predicted molar refractivity (Wildman–Crippen MR) is 205 cm³/mol. The molecule has 49 heavy (non-hydrogen) atoms. The molecule has 0 atom stereocenters. The molecule has 0 bridgehead atoms. The lowest BCUT2D eigenvalue weighted by molar-refractivity contribution is 1.10. The van der Waals surface area contributed by atoms with Crippen LogP contribution in [0.1, 0.15) is 0 Å². The fourth-order valence-corrected chi connectivity index (χ4v) is 7.54. The molecule has 0 aliphatic heterocycles. The van der Waals surface area contributed by atoms with Gasteiger partial charge in [0.05, 0.1) is 11.0 Å². The molecule has 2 nitrogen and oxygen atoms in total. The standard InChI is InChI=1S/C47H28N2/c1-2-16-38(17-3-1)49-44-21-11-10-20-43(44)48-47(49)37-26-27-41-42(30-37)46(36-25-23-32-13-5-7-15-34(32)29-36)40-19-9-8-18-39(40)45(41)35-24-22-31-12-4-6-14-33(31)28-35/h1-7,9-17,19-30H. The van der Waals surface area contributed by atoms with Crippen LogP contribution >= 0.6 is 0 Å². The number of hydrogen-bond acceptors (Lipinski definition) is 1. The molecule has 0 N–H and O–H groups in total. The van der Waals surface area contributed by atoms with E-state index >= 15 is 0 Å². The van der Waals surface area contributed by atoms with E-state index in [2.05, 4.69) is 180 Å². The number of fused-ring (bicyclic) bond motifs is 5. The van der Waals surface area contributed by atoms with E-state index in [1.807, 2.05) is 6.08 Å². The highest BCUT2D eigenvalue weighted by molar-refractivity contribution is 6.09. The van der Waals surface area contributed by atoms with Crippen LogP contribution in [-0.4, -0.2) is 9.55 Å². The van der Waals surface area contributed by atoms with Crippen LogP contribution in [0.25, 0.3) is 94.5 Å². The van der Waals surface area contributed by atoms with E-state index in [0.29, 0.717) is 0 Å². The maximum absolute atomic E-state index is 5.24. The van der Waals surface area contributed by atoms with Gasteiger partial charge >= 0.3 is 0 Å². The molecule has 0 saturated carbocycles. The van der Waals surface area contributed by atoms with Crippen molar-refractivity contribution in [3.8, 4) is 39.3 Å². The molecule has 1 heterocycles.